The predicted molar refractivity (Wildman–Crippen MR) is 111 cm³/mol. The van der Waals surface area contributed by atoms with Crippen LogP contribution in [0.25, 0.3) is 0 Å². The highest BCUT2D eigenvalue weighted by Crippen LogP contribution is 2.25. The lowest BCUT2D eigenvalue weighted by atomic mass is 10.0. The van der Waals surface area contributed by atoms with E-state index in [0.717, 1.165) is 0 Å². The molecule has 7 nitrogen and oxygen atoms in total. The smallest absolute Gasteiger partial charge is 0.408 e. The van der Waals surface area contributed by atoms with Crippen LogP contribution in [-0.2, 0) is 9.53 Å². The third-order valence-corrected chi connectivity index (χ3v) is 3.90. The molecule has 2 aromatic rings. The first-order chi connectivity index (χ1) is 13.6. The van der Waals surface area contributed by atoms with Gasteiger partial charge in [0.2, 0.25) is 5.91 Å². The van der Waals surface area contributed by atoms with Crippen LogP contribution in [0.3, 0.4) is 0 Å². The second kappa shape index (κ2) is 9.43. The van der Waals surface area contributed by atoms with Crippen molar-refractivity contribution in [3.8, 4) is 5.75 Å². The minimum atomic E-state index is -0.708. The maximum atomic E-state index is 12.9. The Kier molecular flexibility index (Phi) is 7.23. The van der Waals surface area contributed by atoms with Gasteiger partial charge in [0.1, 0.15) is 17.9 Å². The van der Waals surface area contributed by atoms with Gasteiger partial charge in [-0.05, 0) is 63.2 Å². The molecule has 0 aromatic heterocycles. The number of carbonyl (C=O) groups is 3. The molecule has 0 bridgehead atoms. The fourth-order valence-electron chi connectivity index (χ4n) is 2.36. The van der Waals surface area contributed by atoms with E-state index in [4.69, 9.17) is 21.1 Å². The number of anilines is 1. The molecular weight excluding hydrogens is 396 g/mol. The minimum absolute atomic E-state index is 0.247. The fourth-order valence-corrected chi connectivity index (χ4v) is 2.49. The summed E-state index contributed by atoms with van der Waals surface area (Å²) in [6.07, 6.45) is -0.708. The number of ether oxygens (including phenoxy) is 2. The van der Waals surface area contributed by atoms with Gasteiger partial charge in [-0.2, -0.15) is 0 Å². The molecule has 0 unspecified atom stereocenters. The number of halogens is 1. The first-order valence-corrected chi connectivity index (χ1v) is 9.22. The lowest BCUT2D eigenvalue weighted by Crippen LogP contribution is -2.37. The lowest BCUT2D eigenvalue weighted by molar-refractivity contribution is -0.115. The Labute approximate surface area is 174 Å². The molecular formula is C21H23ClN2O5. The van der Waals surface area contributed by atoms with Gasteiger partial charge in [-0.3, -0.25) is 9.59 Å². The summed E-state index contributed by atoms with van der Waals surface area (Å²) >= 11 is 5.88. The van der Waals surface area contributed by atoms with E-state index in [2.05, 4.69) is 10.6 Å². The van der Waals surface area contributed by atoms with Crippen LogP contribution in [0.1, 0.15) is 36.7 Å². The van der Waals surface area contributed by atoms with Gasteiger partial charge in [0.05, 0.1) is 12.8 Å². The van der Waals surface area contributed by atoms with Crippen LogP contribution in [0.4, 0.5) is 10.5 Å². The molecule has 0 saturated heterocycles. The SMILES string of the molecule is COc1ccc(NC(=O)CNC(=O)OC(C)(C)C)c(C(=O)c2ccc(Cl)cc2)c1. The Morgan fingerprint density at radius 1 is 1.03 bits per heavy atom. The molecule has 0 fully saturated rings. The number of benzene rings is 2. The van der Waals surface area contributed by atoms with Gasteiger partial charge < -0.3 is 20.1 Å². The second-order valence-electron chi connectivity index (χ2n) is 7.15. The van der Waals surface area contributed by atoms with Gasteiger partial charge in [0.15, 0.2) is 5.78 Å². The van der Waals surface area contributed by atoms with Gasteiger partial charge in [-0.25, -0.2) is 4.79 Å². The van der Waals surface area contributed by atoms with Gasteiger partial charge in [0.25, 0.3) is 0 Å². The Morgan fingerprint density at radius 2 is 1.69 bits per heavy atom. The van der Waals surface area contributed by atoms with E-state index in [1.165, 1.54) is 13.2 Å². The number of rotatable bonds is 6. The Balaban J connectivity index is 2.16. The number of methoxy groups -OCH3 is 1. The number of hydrogen-bond acceptors (Lipinski definition) is 5. The Morgan fingerprint density at radius 3 is 2.28 bits per heavy atom. The lowest BCUT2D eigenvalue weighted by Gasteiger charge is -2.19. The second-order valence-corrected chi connectivity index (χ2v) is 7.59. The molecule has 0 atom stereocenters. The topological polar surface area (TPSA) is 93.7 Å². The van der Waals surface area contributed by atoms with Crippen LogP contribution in [0.2, 0.25) is 5.02 Å². The van der Waals surface area contributed by atoms with Crippen molar-refractivity contribution >= 4 is 35.1 Å². The summed E-state index contributed by atoms with van der Waals surface area (Å²) in [6, 6.07) is 11.1. The molecule has 0 aliphatic heterocycles. The fraction of sp³-hybridized carbons (Fsp3) is 0.286. The van der Waals surface area contributed by atoms with Crippen molar-refractivity contribution in [1.29, 1.82) is 0 Å². The van der Waals surface area contributed by atoms with Crippen molar-refractivity contribution in [2.75, 3.05) is 19.0 Å². The van der Waals surface area contributed by atoms with Crippen LogP contribution in [0.15, 0.2) is 42.5 Å². The summed E-state index contributed by atoms with van der Waals surface area (Å²) in [4.78, 5) is 36.9. The third-order valence-electron chi connectivity index (χ3n) is 3.64. The zero-order chi connectivity index (χ0) is 21.6. The highest BCUT2D eigenvalue weighted by Gasteiger charge is 2.19. The van der Waals surface area contributed by atoms with Crippen molar-refractivity contribution < 1.29 is 23.9 Å². The summed E-state index contributed by atoms with van der Waals surface area (Å²) in [6.45, 7) is 4.85. The Bertz CT molecular complexity index is 904. The van der Waals surface area contributed by atoms with E-state index < -0.39 is 17.6 Å². The van der Waals surface area contributed by atoms with Crippen LogP contribution in [0.5, 0.6) is 5.75 Å². The average molecular weight is 419 g/mol. The van der Waals surface area contributed by atoms with E-state index in [9.17, 15) is 14.4 Å². The molecule has 154 valence electrons. The van der Waals surface area contributed by atoms with Crippen molar-refractivity contribution in [2.45, 2.75) is 26.4 Å². The molecule has 2 aromatic carbocycles. The third kappa shape index (κ3) is 6.80. The van der Waals surface area contributed by atoms with Gasteiger partial charge >= 0.3 is 6.09 Å². The van der Waals surface area contributed by atoms with E-state index in [1.54, 1.807) is 57.2 Å². The molecule has 0 aliphatic carbocycles. The molecule has 0 radical (unpaired) electrons. The van der Waals surface area contributed by atoms with Crippen molar-refractivity contribution in [2.24, 2.45) is 0 Å². The molecule has 2 rings (SSSR count). The van der Waals surface area contributed by atoms with Crippen molar-refractivity contribution in [3.05, 3.63) is 58.6 Å². The highest BCUT2D eigenvalue weighted by molar-refractivity contribution is 6.30. The molecule has 0 saturated carbocycles. The molecule has 29 heavy (non-hydrogen) atoms. The van der Waals surface area contributed by atoms with Gasteiger partial charge in [-0.15, -0.1) is 0 Å². The maximum Gasteiger partial charge on any atom is 0.408 e. The van der Waals surface area contributed by atoms with Crippen LogP contribution in [-0.4, -0.2) is 37.0 Å². The van der Waals surface area contributed by atoms with Crippen molar-refractivity contribution in [3.63, 3.8) is 0 Å². The summed E-state index contributed by atoms with van der Waals surface area (Å²) < 4.78 is 10.3. The van der Waals surface area contributed by atoms with Crippen LogP contribution >= 0.6 is 11.6 Å². The molecule has 0 spiro atoms. The number of alkyl carbamates (subject to hydrolysis) is 1. The number of nitrogens with one attached hydrogen (secondary N) is 2. The quantitative estimate of drug-likeness (QED) is 0.690. The predicted octanol–water partition coefficient (Wildman–Crippen LogP) is 4.04. The van der Waals surface area contributed by atoms with Crippen LogP contribution in [0, 0.1) is 0 Å². The summed E-state index contributed by atoms with van der Waals surface area (Å²) in [7, 11) is 1.48. The summed E-state index contributed by atoms with van der Waals surface area (Å²) in [5.41, 5.74) is 0.276. The number of amides is 2. The van der Waals surface area contributed by atoms with Gasteiger partial charge in [-0.1, -0.05) is 11.6 Å². The molecule has 0 aliphatic rings. The molecule has 8 heteroatoms. The zero-order valence-electron chi connectivity index (χ0n) is 16.7. The molecule has 2 N–H and O–H groups in total. The number of carbonyl (C=O) groups excluding carboxylic acids is 3. The largest absolute Gasteiger partial charge is 0.497 e. The van der Waals surface area contributed by atoms with Crippen LogP contribution < -0.4 is 15.4 Å². The van der Waals surface area contributed by atoms with E-state index in [0.29, 0.717) is 22.0 Å². The number of hydrogen-bond donors (Lipinski definition) is 2. The normalized spacial score (nSPS) is 10.8. The summed E-state index contributed by atoms with van der Waals surface area (Å²) in [5, 5.41) is 5.51. The first kappa shape index (κ1) is 22.2. The standard InChI is InChI=1S/C21H23ClN2O5/c1-21(2,3)29-20(27)23-12-18(25)24-17-10-9-15(28-4)11-16(17)19(26)13-5-7-14(22)8-6-13/h5-11H,12H2,1-4H3,(H,23,27)(H,24,25). The van der Waals surface area contributed by atoms with E-state index in [-0.39, 0.29) is 17.9 Å². The maximum absolute atomic E-state index is 12.9. The summed E-state index contributed by atoms with van der Waals surface area (Å²) in [5.74, 6) is -0.352. The molecule has 0 heterocycles. The highest BCUT2D eigenvalue weighted by atomic mass is 35.5. The monoisotopic (exact) mass is 418 g/mol. The van der Waals surface area contributed by atoms with Gasteiger partial charge in [0, 0.05) is 16.1 Å². The first-order valence-electron chi connectivity index (χ1n) is 8.84. The number of ketones is 1. The Hall–Kier alpha value is -3.06. The zero-order valence-corrected chi connectivity index (χ0v) is 17.4. The minimum Gasteiger partial charge on any atom is -0.497 e. The average Bonchev–Trinajstić information content (AvgIpc) is 2.65. The molecule has 2 amide bonds. The van der Waals surface area contributed by atoms with E-state index in [1.807, 2.05) is 0 Å². The van der Waals surface area contributed by atoms with Crippen molar-refractivity contribution in [1.82, 2.24) is 5.32 Å². The van der Waals surface area contributed by atoms with E-state index >= 15 is 0 Å².